The highest BCUT2D eigenvalue weighted by atomic mass is 35.5. The molecule has 0 aliphatic carbocycles. The number of carbonyl (C=O) groups is 1. The first-order valence-electron chi connectivity index (χ1n) is 5.03. The fraction of sp³-hybridized carbons (Fsp3) is 0.300. The van der Waals surface area contributed by atoms with Gasteiger partial charge >= 0.3 is 18.9 Å². The molecule has 0 radical (unpaired) electrons. The largest absolute Gasteiger partial charge is 0.440 e. The average molecular weight is 354 g/mol. The predicted molar refractivity (Wildman–Crippen MR) is 64.1 cm³/mol. The molecule has 0 aliphatic heterocycles. The van der Waals surface area contributed by atoms with Crippen molar-refractivity contribution in [1.82, 2.24) is 0 Å². The third-order valence-electron chi connectivity index (χ3n) is 1.82. The van der Waals surface area contributed by atoms with Gasteiger partial charge in [0, 0.05) is 5.69 Å². The molecule has 11 heteroatoms. The van der Waals surface area contributed by atoms with Gasteiger partial charge in [0.15, 0.2) is 12.4 Å². The summed E-state index contributed by atoms with van der Waals surface area (Å²) in [5.74, 6) is -0.525. The van der Waals surface area contributed by atoms with E-state index in [9.17, 15) is 26.7 Å². The molecule has 0 spiro atoms. The van der Waals surface area contributed by atoms with Crippen LogP contribution in [0.5, 0.6) is 5.75 Å². The van der Waals surface area contributed by atoms with E-state index in [0.717, 1.165) is 12.1 Å². The number of halogens is 7. The molecule has 118 valence electrons. The van der Waals surface area contributed by atoms with Crippen LogP contribution in [0.15, 0.2) is 12.1 Å². The van der Waals surface area contributed by atoms with Gasteiger partial charge in [-0.2, -0.15) is 22.0 Å². The number of benzene rings is 1. The Morgan fingerprint density at radius 2 is 1.76 bits per heavy atom. The Labute approximate surface area is 124 Å². The van der Waals surface area contributed by atoms with E-state index in [1.54, 1.807) is 0 Å². The lowest BCUT2D eigenvalue weighted by atomic mass is 10.3. The van der Waals surface area contributed by atoms with E-state index in [0.29, 0.717) is 0 Å². The van der Waals surface area contributed by atoms with E-state index in [1.807, 2.05) is 5.32 Å². The second-order valence-corrected chi connectivity index (χ2v) is 4.28. The highest BCUT2D eigenvalue weighted by Gasteiger charge is 2.29. The van der Waals surface area contributed by atoms with Crippen molar-refractivity contribution in [2.24, 2.45) is 0 Å². The molecule has 0 atom stereocenters. The molecule has 0 aromatic heterocycles. The zero-order valence-corrected chi connectivity index (χ0v) is 11.3. The van der Waals surface area contributed by atoms with E-state index < -0.39 is 31.2 Å². The number of rotatable bonds is 4. The molecule has 0 fully saturated rings. The normalized spacial score (nSPS) is 11.4. The van der Waals surface area contributed by atoms with Crippen molar-refractivity contribution in [2.45, 2.75) is 12.8 Å². The highest BCUT2D eigenvalue weighted by molar-refractivity contribution is 6.37. The highest BCUT2D eigenvalue weighted by Crippen LogP contribution is 2.37. The quantitative estimate of drug-likeness (QED) is 0.797. The Kier molecular flexibility index (Phi) is 5.85. The van der Waals surface area contributed by atoms with E-state index >= 15 is 0 Å². The molecule has 21 heavy (non-hydrogen) atoms. The molecule has 0 aliphatic rings. The third kappa shape index (κ3) is 6.21. The molecular weight excluding hydrogens is 348 g/mol. The first-order chi connectivity index (χ1) is 9.58. The molecule has 1 amide bonds. The van der Waals surface area contributed by atoms with Crippen LogP contribution < -0.4 is 10.1 Å². The smallest absolute Gasteiger partial charge is 0.422 e. The SMILES string of the molecule is O=C(Nc1cc(Cl)c(OC(F)F)c(Cl)c1)OCC(F)(F)F. The van der Waals surface area contributed by atoms with Crippen molar-refractivity contribution in [3.63, 3.8) is 0 Å². The maximum Gasteiger partial charge on any atom is 0.422 e. The second-order valence-electron chi connectivity index (χ2n) is 3.46. The summed E-state index contributed by atoms with van der Waals surface area (Å²) >= 11 is 11.2. The molecular formula is C10H6Cl2F5NO3. The van der Waals surface area contributed by atoms with Crippen LogP contribution in [0, 0.1) is 0 Å². The summed E-state index contributed by atoms with van der Waals surface area (Å²) in [6.07, 6.45) is -6.09. The molecule has 1 aromatic rings. The molecule has 0 unspecified atom stereocenters. The van der Waals surface area contributed by atoms with Crippen molar-refractivity contribution >= 4 is 35.0 Å². The van der Waals surface area contributed by atoms with Gasteiger partial charge in [0.05, 0.1) is 10.0 Å². The van der Waals surface area contributed by atoms with Gasteiger partial charge in [0.2, 0.25) is 0 Å². The fourth-order valence-electron chi connectivity index (χ4n) is 1.14. The van der Waals surface area contributed by atoms with Crippen molar-refractivity contribution in [3.05, 3.63) is 22.2 Å². The summed E-state index contributed by atoms with van der Waals surface area (Å²) in [4.78, 5) is 11.1. The lowest BCUT2D eigenvalue weighted by Crippen LogP contribution is -2.23. The number of carbonyl (C=O) groups excluding carboxylic acids is 1. The number of anilines is 1. The minimum absolute atomic E-state index is 0.154. The van der Waals surface area contributed by atoms with Gasteiger partial charge in [-0.3, -0.25) is 5.32 Å². The van der Waals surface area contributed by atoms with E-state index in [4.69, 9.17) is 23.2 Å². The number of alkyl halides is 5. The number of hydrogen-bond donors (Lipinski definition) is 1. The van der Waals surface area contributed by atoms with Crippen LogP contribution in [0.2, 0.25) is 10.0 Å². The summed E-state index contributed by atoms with van der Waals surface area (Å²) in [6.45, 7) is -4.96. The Morgan fingerprint density at radius 1 is 1.24 bits per heavy atom. The zero-order chi connectivity index (χ0) is 16.2. The monoisotopic (exact) mass is 353 g/mol. The van der Waals surface area contributed by atoms with Crippen LogP contribution in [0.3, 0.4) is 0 Å². The second kappa shape index (κ2) is 6.99. The van der Waals surface area contributed by atoms with E-state index in [1.165, 1.54) is 0 Å². The van der Waals surface area contributed by atoms with Gasteiger partial charge in [0.1, 0.15) is 0 Å². The van der Waals surface area contributed by atoms with E-state index in [2.05, 4.69) is 9.47 Å². The first-order valence-corrected chi connectivity index (χ1v) is 5.78. The number of amides is 1. The van der Waals surface area contributed by atoms with Crippen molar-refractivity contribution in [2.75, 3.05) is 11.9 Å². The van der Waals surface area contributed by atoms with Gasteiger partial charge in [-0.05, 0) is 12.1 Å². The lowest BCUT2D eigenvalue weighted by Gasteiger charge is -2.12. The Balaban J connectivity index is 2.75. The van der Waals surface area contributed by atoms with Crippen LogP contribution in [0.1, 0.15) is 0 Å². The van der Waals surface area contributed by atoms with Gasteiger partial charge < -0.3 is 9.47 Å². The summed E-state index contributed by atoms with van der Waals surface area (Å²) in [5.41, 5.74) is -0.154. The fourth-order valence-corrected chi connectivity index (χ4v) is 1.71. The van der Waals surface area contributed by atoms with Gasteiger partial charge in [-0.1, -0.05) is 23.2 Å². The summed E-state index contributed by atoms with van der Waals surface area (Å²) in [5, 5.41) is 1.17. The van der Waals surface area contributed by atoms with E-state index in [-0.39, 0.29) is 15.7 Å². The van der Waals surface area contributed by atoms with Crippen LogP contribution in [-0.4, -0.2) is 25.5 Å². The van der Waals surface area contributed by atoms with Crippen molar-refractivity contribution < 1.29 is 36.2 Å². The number of ether oxygens (including phenoxy) is 2. The molecule has 0 saturated heterocycles. The Morgan fingerprint density at radius 3 is 2.19 bits per heavy atom. The minimum Gasteiger partial charge on any atom is -0.440 e. The summed E-state index contributed by atoms with van der Waals surface area (Å²) in [7, 11) is 0. The molecule has 1 aromatic carbocycles. The summed E-state index contributed by atoms with van der Waals surface area (Å²) < 4.78 is 67.5. The Bertz CT molecular complexity index is 501. The topological polar surface area (TPSA) is 47.6 Å². The van der Waals surface area contributed by atoms with Gasteiger partial charge in [-0.15, -0.1) is 0 Å². The lowest BCUT2D eigenvalue weighted by molar-refractivity contribution is -0.159. The van der Waals surface area contributed by atoms with Crippen molar-refractivity contribution in [3.8, 4) is 5.75 Å². The maximum absolute atomic E-state index is 12.1. The van der Waals surface area contributed by atoms with Gasteiger partial charge in [0.25, 0.3) is 0 Å². The molecule has 0 heterocycles. The molecule has 0 bridgehead atoms. The molecule has 4 nitrogen and oxygen atoms in total. The maximum atomic E-state index is 12.1. The summed E-state index contributed by atoms with van der Waals surface area (Å²) in [6, 6.07) is 1.92. The van der Waals surface area contributed by atoms with Crippen LogP contribution in [-0.2, 0) is 4.74 Å². The average Bonchev–Trinajstić information content (AvgIpc) is 2.30. The van der Waals surface area contributed by atoms with Crippen LogP contribution in [0.4, 0.5) is 32.4 Å². The number of nitrogens with one attached hydrogen (secondary N) is 1. The predicted octanol–water partition coefficient (Wildman–Crippen LogP) is 4.71. The van der Waals surface area contributed by atoms with Crippen LogP contribution in [0.25, 0.3) is 0 Å². The first kappa shape index (κ1) is 17.6. The molecule has 1 rings (SSSR count). The third-order valence-corrected chi connectivity index (χ3v) is 2.38. The van der Waals surface area contributed by atoms with Gasteiger partial charge in [-0.25, -0.2) is 4.79 Å². The standard InChI is InChI=1S/C10H6Cl2F5NO3/c11-5-1-4(2-6(12)7(5)21-8(13)14)18-9(19)20-3-10(15,16)17/h1-2,8H,3H2,(H,18,19). The number of hydrogen-bond acceptors (Lipinski definition) is 3. The van der Waals surface area contributed by atoms with Crippen LogP contribution >= 0.6 is 23.2 Å². The zero-order valence-electron chi connectivity index (χ0n) is 9.81. The molecule has 1 N–H and O–H groups in total. The Hall–Kier alpha value is -1.48. The minimum atomic E-state index is -4.68. The van der Waals surface area contributed by atoms with Crippen molar-refractivity contribution in [1.29, 1.82) is 0 Å². The molecule has 0 saturated carbocycles.